The van der Waals surface area contributed by atoms with Gasteiger partial charge in [-0.2, -0.15) is 0 Å². The Morgan fingerprint density at radius 3 is 2.62 bits per heavy atom. The number of aromatic nitrogens is 1. The van der Waals surface area contributed by atoms with Crippen LogP contribution in [0.15, 0.2) is 48.5 Å². The molecule has 4 rings (SSSR count). The molecule has 2 aromatic carbocycles. The number of carbonyl (C=O) groups excluding carboxylic acids is 2. The molecule has 0 fully saturated rings. The zero-order chi connectivity index (χ0) is 22.5. The van der Waals surface area contributed by atoms with Gasteiger partial charge >= 0.3 is 5.97 Å². The van der Waals surface area contributed by atoms with E-state index >= 15 is 0 Å². The van der Waals surface area contributed by atoms with E-state index in [-0.39, 0.29) is 6.61 Å². The lowest BCUT2D eigenvalue weighted by molar-refractivity contribution is -0.119. The maximum Gasteiger partial charge on any atom is 0.339 e. The Balaban J connectivity index is 1.50. The normalized spacial score (nSPS) is 13.4. The van der Waals surface area contributed by atoms with Gasteiger partial charge in [-0.15, -0.1) is 0 Å². The van der Waals surface area contributed by atoms with Crippen LogP contribution in [0.3, 0.4) is 0 Å². The topological polar surface area (TPSA) is 80.8 Å². The second-order valence-corrected chi connectivity index (χ2v) is 7.63. The summed E-state index contributed by atoms with van der Waals surface area (Å²) in [7, 11) is 0. The highest BCUT2D eigenvalue weighted by atomic mass is 16.5. The lowest BCUT2D eigenvalue weighted by Crippen LogP contribution is -2.32. The van der Waals surface area contributed by atoms with Crippen LogP contribution in [0.4, 0.5) is 5.69 Å². The molecule has 1 aliphatic heterocycles. The SMILES string of the molecule is CCOc1ccc(NC(=O)COC(=O)c2c3c(nc4ccccc24)CCN(CC)C3)cc1. The Bertz CT molecular complexity index is 1130. The summed E-state index contributed by atoms with van der Waals surface area (Å²) in [5.41, 5.74) is 3.72. The number of fused-ring (bicyclic) bond motifs is 2. The standard InChI is InChI=1S/C25H27N3O4/c1-3-28-14-13-22-20(15-28)24(19-7-5-6-8-21(19)27-22)25(30)32-16-23(29)26-17-9-11-18(12-10-17)31-4-2/h5-12H,3-4,13-16H2,1-2H3,(H,26,29). The predicted octanol–water partition coefficient (Wildman–Crippen LogP) is 3.81. The number of pyridine rings is 1. The van der Waals surface area contributed by atoms with Crippen LogP contribution in [0.2, 0.25) is 0 Å². The molecule has 1 aromatic heterocycles. The monoisotopic (exact) mass is 433 g/mol. The highest BCUT2D eigenvalue weighted by molar-refractivity contribution is 6.06. The number of carbonyl (C=O) groups is 2. The average molecular weight is 434 g/mol. The number of ether oxygens (including phenoxy) is 2. The zero-order valence-corrected chi connectivity index (χ0v) is 18.4. The highest BCUT2D eigenvalue weighted by Gasteiger charge is 2.26. The summed E-state index contributed by atoms with van der Waals surface area (Å²) in [6, 6.07) is 14.6. The van der Waals surface area contributed by atoms with Crippen LogP contribution in [-0.2, 0) is 22.5 Å². The van der Waals surface area contributed by atoms with E-state index in [1.165, 1.54) is 0 Å². The van der Waals surface area contributed by atoms with Crippen molar-refractivity contribution in [3.63, 3.8) is 0 Å². The second-order valence-electron chi connectivity index (χ2n) is 7.63. The van der Waals surface area contributed by atoms with Gasteiger partial charge in [-0.3, -0.25) is 14.7 Å². The molecule has 0 spiro atoms. The summed E-state index contributed by atoms with van der Waals surface area (Å²) in [5.74, 6) is -0.169. The van der Waals surface area contributed by atoms with Crippen LogP contribution in [0.5, 0.6) is 5.75 Å². The van der Waals surface area contributed by atoms with Crippen molar-refractivity contribution in [3.8, 4) is 5.75 Å². The van der Waals surface area contributed by atoms with E-state index in [4.69, 9.17) is 14.5 Å². The summed E-state index contributed by atoms with van der Waals surface area (Å²) in [4.78, 5) is 32.6. The van der Waals surface area contributed by atoms with Gasteiger partial charge in [0.2, 0.25) is 0 Å². The molecule has 0 bridgehead atoms. The van der Waals surface area contributed by atoms with Crippen molar-refractivity contribution >= 4 is 28.5 Å². The van der Waals surface area contributed by atoms with E-state index in [0.717, 1.165) is 47.4 Å². The van der Waals surface area contributed by atoms with E-state index in [2.05, 4.69) is 17.1 Å². The van der Waals surface area contributed by atoms with Crippen molar-refractivity contribution < 1.29 is 19.1 Å². The minimum absolute atomic E-state index is 0.366. The number of esters is 1. The average Bonchev–Trinajstić information content (AvgIpc) is 2.82. The Labute approximate surface area is 187 Å². The summed E-state index contributed by atoms with van der Waals surface area (Å²) < 4.78 is 10.8. The van der Waals surface area contributed by atoms with Crippen LogP contribution in [0.1, 0.15) is 35.5 Å². The van der Waals surface area contributed by atoms with E-state index in [1.54, 1.807) is 24.3 Å². The fourth-order valence-corrected chi connectivity index (χ4v) is 3.95. The molecule has 0 saturated heterocycles. The highest BCUT2D eigenvalue weighted by Crippen LogP contribution is 2.28. The van der Waals surface area contributed by atoms with Crippen LogP contribution in [0.25, 0.3) is 10.9 Å². The number of amides is 1. The molecule has 0 radical (unpaired) electrons. The second kappa shape index (κ2) is 9.78. The number of hydrogen-bond donors (Lipinski definition) is 1. The predicted molar refractivity (Wildman–Crippen MR) is 123 cm³/mol. The molecule has 32 heavy (non-hydrogen) atoms. The molecule has 7 nitrogen and oxygen atoms in total. The Kier molecular flexibility index (Phi) is 6.66. The molecule has 0 atom stereocenters. The third kappa shape index (κ3) is 4.73. The number of likely N-dealkylation sites (N-methyl/N-ethyl adjacent to an activating group) is 1. The van der Waals surface area contributed by atoms with Crippen molar-refractivity contribution in [2.24, 2.45) is 0 Å². The van der Waals surface area contributed by atoms with Gasteiger partial charge in [0.15, 0.2) is 6.61 Å². The smallest absolute Gasteiger partial charge is 0.339 e. The fraction of sp³-hybridized carbons (Fsp3) is 0.320. The van der Waals surface area contributed by atoms with E-state index < -0.39 is 11.9 Å². The van der Waals surface area contributed by atoms with Crippen molar-refractivity contribution in [2.45, 2.75) is 26.8 Å². The van der Waals surface area contributed by atoms with Gasteiger partial charge in [-0.1, -0.05) is 25.1 Å². The van der Waals surface area contributed by atoms with Gasteiger partial charge in [0.1, 0.15) is 5.75 Å². The first-order chi connectivity index (χ1) is 15.6. The van der Waals surface area contributed by atoms with Gasteiger partial charge in [0, 0.05) is 41.8 Å². The van der Waals surface area contributed by atoms with E-state index in [0.29, 0.717) is 24.4 Å². The summed E-state index contributed by atoms with van der Waals surface area (Å²) in [6.07, 6.45) is 0.784. The molecule has 0 unspecified atom stereocenters. The third-order valence-corrected chi connectivity index (χ3v) is 5.56. The number of para-hydroxylation sites is 1. The van der Waals surface area contributed by atoms with E-state index in [9.17, 15) is 9.59 Å². The molecule has 1 amide bonds. The molecule has 1 N–H and O–H groups in total. The van der Waals surface area contributed by atoms with Crippen LogP contribution in [0, 0.1) is 0 Å². The lowest BCUT2D eigenvalue weighted by atomic mass is 9.96. The number of anilines is 1. The Morgan fingerprint density at radius 2 is 1.88 bits per heavy atom. The van der Waals surface area contributed by atoms with Gasteiger partial charge in [0.25, 0.3) is 5.91 Å². The van der Waals surface area contributed by atoms with Crippen molar-refractivity contribution in [2.75, 3.05) is 31.6 Å². The van der Waals surface area contributed by atoms with Crippen molar-refractivity contribution in [1.82, 2.24) is 9.88 Å². The number of rotatable bonds is 7. The lowest BCUT2D eigenvalue weighted by Gasteiger charge is -2.28. The van der Waals surface area contributed by atoms with Gasteiger partial charge in [-0.25, -0.2) is 4.79 Å². The van der Waals surface area contributed by atoms with Gasteiger partial charge < -0.3 is 14.8 Å². The first-order valence-corrected chi connectivity index (χ1v) is 10.9. The number of nitrogens with one attached hydrogen (secondary N) is 1. The summed E-state index contributed by atoms with van der Waals surface area (Å²) >= 11 is 0. The van der Waals surface area contributed by atoms with E-state index in [1.807, 2.05) is 31.2 Å². The number of nitrogens with zero attached hydrogens (tertiary/aromatic N) is 2. The molecular weight excluding hydrogens is 406 g/mol. The molecule has 1 aliphatic rings. The third-order valence-electron chi connectivity index (χ3n) is 5.56. The molecule has 0 saturated carbocycles. The Morgan fingerprint density at radius 1 is 1.09 bits per heavy atom. The summed E-state index contributed by atoms with van der Waals surface area (Å²) in [6.45, 7) is 6.67. The molecule has 166 valence electrons. The largest absolute Gasteiger partial charge is 0.494 e. The molecular formula is C25H27N3O4. The minimum atomic E-state index is -0.500. The maximum atomic E-state index is 13.1. The zero-order valence-electron chi connectivity index (χ0n) is 18.4. The first-order valence-electron chi connectivity index (χ1n) is 10.9. The summed E-state index contributed by atoms with van der Waals surface area (Å²) in [5, 5.41) is 3.49. The van der Waals surface area contributed by atoms with Crippen molar-refractivity contribution in [3.05, 3.63) is 65.4 Å². The number of hydrogen-bond acceptors (Lipinski definition) is 6. The van der Waals surface area contributed by atoms with Gasteiger partial charge in [-0.05, 0) is 43.8 Å². The Hall–Kier alpha value is -3.45. The fourth-order valence-electron chi connectivity index (χ4n) is 3.95. The molecule has 7 heteroatoms. The van der Waals surface area contributed by atoms with Crippen LogP contribution >= 0.6 is 0 Å². The molecule has 2 heterocycles. The first kappa shape index (κ1) is 21.8. The van der Waals surface area contributed by atoms with Crippen LogP contribution < -0.4 is 10.1 Å². The molecule has 0 aliphatic carbocycles. The molecule has 3 aromatic rings. The maximum absolute atomic E-state index is 13.1. The quantitative estimate of drug-likeness (QED) is 0.571. The van der Waals surface area contributed by atoms with Gasteiger partial charge in [0.05, 0.1) is 17.7 Å². The van der Waals surface area contributed by atoms with Crippen molar-refractivity contribution in [1.29, 1.82) is 0 Å². The van der Waals surface area contributed by atoms with Crippen LogP contribution in [-0.4, -0.2) is 48.1 Å². The minimum Gasteiger partial charge on any atom is -0.494 e. The number of benzene rings is 2.